The van der Waals surface area contributed by atoms with E-state index in [1.54, 1.807) is 30.3 Å². The molecule has 2 saturated heterocycles. The standard InChI is InChI=1S/C29H33F3N2O5/c30-29(31,32)27(35)33(15-19-7-3-1-4-8-19)26-23-16-38-17-24(23)34(28(36)37)25(26)18-39-22-13-11-21(12-14-22)20-9-5-2-6-10-20/h1-10,21-26H,11-18H2,(H,36,37)/t21?,22?,23?,24?,25-,26-/m0/s1. The molecule has 2 unspecified atom stereocenters. The monoisotopic (exact) mass is 546 g/mol. The predicted molar refractivity (Wildman–Crippen MR) is 136 cm³/mol. The second-order valence-electron chi connectivity index (χ2n) is 10.7. The Kier molecular flexibility index (Phi) is 8.13. The number of likely N-dealkylation sites (tertiary alicyclic amines) is 1. The fourth-order valence-electron chi connectivity index (χ4n) is 6.55. The third-order valence-corrected chi connectivity index (χ3v) is 8.37. The minimum atomic E-state index is -5.11. The van der Waals surface area contributed by atoms with Gasteiger partial charge in [0.25, 0.3) is 0 Å². The zero-order valence-corrected chi connectivity index (χ0v) is 21.5. The van der Waals surface area contributed by atoms with Crippen molar-refractivity contribution >= 4 is 12.0 Å². The van der Waals surface area contributed by atoms with Crippen LogP contribution in [0.2, 0.25) is 0 Å². The Balaban J connectivity index is 1.37. The first-order valence-electron chi connectivity index (χ1n) is 13.4. The molecule has 1 saturated carbocycles. The molecular formula is C29H33F3N2O5. The molecule has 210 valence electrons. The first-order chi connectivity index (χ1) is 18.7. The number of halogens is 3. The summed E-state index contributed by atoms with van der Waals surface area (Å²) in [7, 11) is 0. The third kappa shape index (κ3) is 5.91. The second-order valence-corrected chi connectivity index (χ2v) is 10.7. The fourth-order valence-corrected chi connectivity index (χ4v) is 6.55. The maximum absolute atomic E-state index is 13.9. The molecule has 3 aliphatic rings. The molecule has 0 bridgehead atoms. The average Bonchev–Trinajstić information content (AvgIpc) is 3.51. The van der Waals surface area contributed by atoms with Crippen molar-refractivity contribution in [2.45, 2.75) is 68.6 Å². The molecule has 5 rings (SSSR count). The van der Waals surface area contributed by atoms with Crippen molar-refractivity contribution in [2.75, 3.05) is 19.8 Å². The lowest BCUT2D eigenvalue weighted by Gasteiger charge is -2.38. The maximum atomic E-state index is 13.9. The lowest BCUT2D eigenvalue weighted by molar-refractivity contribution is -0.190. The molecule has 39 heavy (non-hydrogen) atoms. The van der Waals surface area contributed by atoms with Crippen molar-refractivity contribution in [3.63, 3.8) is 0 Å². The van der Waals surface area contributed by atoms with Gasteiger partial charge in [-0.1, -0.05) is 60.7 Å². The van der Waals surface area contributed by atoms with E-state index in [0.29, 0.717) is 11.5 Å². The first-order valence-corrected chi connectivity index (χ1v) is 13.4. The predicted octanol–water partition coefficient (Wildman–Crippen LogP) is 5.07. The van der Waals surface area contributed by atoms with Crippen LogP contribution in [0.1, 0.15) is 42.7 Å². The Bertz CT molecular complexity index is 1120. The second kappa shape index (κ2) is 11.6. The zero-order chi connectivity index (χ0) is 27.6. The van der Waals surface area contributed by atoms with Gasteiger partial charge in [0, 0.05) is 12.5 Å². The van der Waals surface area contributed by atoms with E-state index in [1.165, 1.54) is 10.5 Å². The summed E-state index contributed by atoms with van der Waals surface area (Å²) in [6.45, 7) is -0.222. The van der Waals surface area contributed by atoms with Crippen molar-refractivity contribution in [3.05, 3.63) is 71.8 Å². The molecule has 2 aromatic carbocycles. The highest BCUT2D eigenvalue weighted by molar-refractivity contribution is 5.82. The van der Waals surface area contributed by atoms with Crippen LogP contribution in [0.3, 0.4) is 0 Å². The lowest BCUT2D eigenvalue weighted by Crippen LogP contribution is -2.56. The molecule has 3 fully saturated rings. The summed E-state index contributed by atoms with van der Waals surface area (Å²) >= 11 is 0. The van der Waals surface area contributed by atoms with Gasteiger partial charge in [-0.15, -0.1) is 0 Å². The summed E-state index contributed by atoms with van der Waals surface area (Å²) < 4.78 is 53.3. The van der Waals surface area contributed by atoms with Crippen molar-refractivity contribution in [1.29, 1.82) is 0 Å². The molecule has 2 aliphatic heterocycles. The van der Waals surface area contributed by atoms with Crippen molar-refractivity contribution < 1.29 is 37.3 Å². The van der Waals surface area contributed by atoms with Gasteiger partial charge >= 0.3 is 18.2 Å². The molecule has 0 spiro atoms. The molecule has 7 nitrogen and oxygen atoms in total. The number of carboxylic acid groups (broad SMARTS) is 1. The van der Waals surface area contributed by atoms with Crippen LogP contribution in [0.15, 0.2) is 60.7 Å². The highest BCUT2D eigenvalue weighted by Gasteiger charge is 2.59. The molecule has 0 aromatic heterocycles. The molecule has 1 aliphatic carbocycles. The van der Waals surface area contributed by atoms with Gasteiger partial charge < -0.3 is 19.5 Å². The van der Waals surface area contributed by atoms with Gasteiger partial charge in [0.2, 0.25) is 0 Å². The molecule has 0 radical (unpaired) electrons. The van der Waals surface area contributed by atoms with E-state index in [0.717, 1.165) is 30.6 Å². The van der Waals surface area contributed by atoms with Crippen LogP contribution in [0, 0.1) is 5.92 Å². The van der Waals surface area contributed by atoms with Crippen LogP contribution >= 0.6 is 0 Å². The van der Waals surface area contributed by atoms with E-state index in [-0.39, 0.29) is 32.5 Å². The highest BCUT2D eigenvalue weighted by atomic mass is 19.4. The van der Waals surface area contributed by atoms with Crippen LogP contribution in [-0.2, 0) is 20.8 Å². The average molecular weight is 547 g/mol. The molecule has 1 N–H and O–H groups in total. The van der Waals surface area contributed by atoms with E-state index >= 15 is 0 Å². The number of benzene rings is 2. The number of carbonyl (C=O) groups excluding carboxylic acids is 1. The lowest BCUT2D eigenvalue weighted by atomic mass is 9.83. The summed E-state index contributed by atoms with van der Waals surface area (Å²) in [5, 5.41) is 10.1. The molecule has 2 aromatic rings. The van der Waals surface area contributed by atoms with Crippen LogP contribution in [0.4, 0.5) is 18.0 Å². The third-order valence-electron chi connectivity index (χ3n) is 8.37. The Morgan fingerprint density at radius 2 is 1.62 bits per heavy atom. The van der Waals surface area contributed by atoms with Gasteiger partial charge in [0.1, 0.15) is 0 Å². The summed E-state index contributed by atoms with van der Waals surface area (Å²) in [6.07, 6.45) is -3.11. The number of hydrogen-bond acceptors (Lipinski definition) is 4. The summed E-state index contributed by atoms with van der Waals surface area (Å²) in [6, 6.07) is 16.0. The van der Waals surface area contributed by atoms with Gasteiger partial charge in [-0.2, -0.15) is 13.2 Å². The summed E-state index contributed by atoms with van der Waals surface area (Å²) in [4.78, 5) is 27.1. The molecule has 2 heterocycles. The van der Waals surface area contributed by atoms with E-state index in [9.17, 15) is 27.9 Å². The number of fused-ring (bicyclic) bond motifs is 1. The van der Waals surface area contributed by atoms with E-state index in [2.05, 4.69) is 12.1 Å². The van der Waals surface area contributed by atoms with Gasteiger partial charge in [0.15, 0.2) is 0 Å². The SMILES string of the molecule is O=C(O)N1C2COCC2[C@H](N(Cc2ccccc2)C(=O)C(F)(F)F)[C@@H]1COC1CCC(c2ccccc2)CC1. The number of nitrogens with zero attached hydrogens (tertiary/aromatic N) is 2. The minimum Gasteiger partial charge on any atom is -0.465 e. The number of carbonyl (C=O) groups is 2. The highest BCUT2D eigenvalue weighted by Crippen LogP contribution is 2.41. The first kappa shape index (κ1) is 27.5. The van der Waals surface area contributed by atoms with E-state index in [4.69, 9.17) is 9.47 Å². The maximum Gasteiger partial charge on any atom is 0.471 e. The zero-order valence-electron chi connectivity index (χ0n) is 21.5. The number of rotatable bonds is 7. The van der Waals surface area contributed by atoms with E-state index in [1.807, 2.05) is 18.2 Å². The van der Waals surface area contributed by atoms with Crippen LogP contribution in [0.5, 0.6) is 0 Å². The normalized spacial score (nSPS) is 28.7. The Labute approximate surface area is 225 Å². The van der Waals surface area contributed by atoms with Crippen molar-refractivity contribution in [1.82, 2.24) is 9.80 Å². The van der Waals surface area contributed by atoms with Crippen LogP contribution in [-0.4, -0.2) is 77.1 Å². The fraction of sp³-hybridized carbons (Fsp3) is 0.517. The largest absolute Gasteiger partial charge is 0.471 e. The Hall–Kier alpha value is -3.11. The molecular weight excluding hydrogens is 513 g/mol. The summed E-state index contributed by atoms with van der Waals surface area (Å²) in [5.74, 6) is -2.15. The number of alkyl halides is 3. The number of hydrogen-bond donors (Lipinski definition) is 1. The van der Waals surface area contributed by atoms with Gasteiger partial charge in [-0.3, -0.25) is 9.69 Å². The van der Waals surface area contributed by atoms with Gasteiger partial charge in [0.05, 0.1) is 44.1 Å². The van der Waals surface area contributed by atoms with Gasteiger partial charge in [-0.05, 0) is 42.7 Å². The van der Waals surface area contributed by atoms with Crippen LogP contribution < -0.4 is 0 Å². The Morgan fingerprint density at radius 1 is 0.974 bits per heavy atom. The van der Waals surface area contributed by atoms with Gasteiger partial charge in [-0.25, -0.2) is 4.79 Å². The topological polar surface area (TPSA) is 79.3 Å². The van der Waals surface area contributed by atoms with Crippen LogP contribution in [0.25, 0.3) is 0 Å². The van der Waals surface area contributed by atoms with Crippen molar-refractivity contribution in [2.24, 2.45) is 5.92 Å². The Morgan fingerprint density at radius 3 is 2.23 bits per heavy atom. The number of amides is 2. The number of ether oxygens (including phenoxy) is 2. The molecule has 4 atom stereocenters. The van der Waals surface area contributed by atoms with Crippen molar-refractivity contribution in [3.8, 4) is 0 Å². The molecule has 10 heteroatoms. The summed E-state index contributed by atoms with van der Waals surface area (Å²) in [5.41, 5.74) is 1.80. The molecule has 2 amide bonds. The van der Waals surface area contributed by atoms with E-state index < -0.39 is 42.2 Å². The smallest absolute Gasteiger partial charge is 0.465 e. The minimum absolute atomic E-state index is 0.0749. The quantitative estimate of drug-likeness (QED) is 0.525.